The summed E-state index contributed by atoms with van der Waals surface area (Å²) in [7, 11) is 0. The Morgan fingerprint density at radius 2 is 2.30 bits per heavy atom. The van der Waals surface area contributed by atoms with Crippen molar-refractivity contribution in [3.63, 3.8) is 0 Å². The molecule has 108 valence electrons. The van der Waals surface area contributed by atoms with E-state index in [2.05, 4.69) is 26.9 Å². The van der Waals surface area contributed by atoms with Gasteiger partial charge in [0.25, 0.3) is 0 Å². The van der Waals surface area contributed by atoms with Crippen LogP contribution >= 0.6 is 11.3 Å². The van der Waals surface area contributed by atoms with Crippen molar-refractivity contribution in [2.75, 3.05) is 19.7 Å². The van der Waals surface area contributed by atoms with Gasteiger partial charge in [-0.2, -0.15) is 4.98 Å². The molecule has 0 aromatic carbocycles. The Morgan fingerprint density at radius 1 is 1.40 bits per heavy atom. The van der Waals surface area contributed by atoms with E-state index in [0.717, 1.165) is 38.2 Å². The first-order chi connectivity index (χ1) is 9.90. The summed E-state index contributed by atoms with van der Waals surface area (Å²) in [4.78, 5) is 5.66. The minimum atomic E-state index is 0.379. The van der Waals surface area contributed by atoms with Gasteiger partial charge in [0.15, 0.2) is 5.82 Å². The molecule has 0 unspecified atom stereocenters. The van der Waals surface area contributed by atoms with E-state index < -0.39 is 0 Å². The van der Waals surface area contributed by atoms with Crippen molar-refractivity contribution in [1.82, 2.24) is 15.5 Å². The number of nitrogens with zero attached hydrogens (tertiary/aromatic N) is 2. The van der Waals surface area contributed by atoms with Crippen molar-refractivity contribution in [1.29, 1.82) is 0 Å². The molecule has 0 aliphatic carbocycles. The third-order valence-corrected chi connectivity index (χ3v) is 4.25. The molecule has 0 saturated carbocycles. The second kappa shape index (κ2) is 6.97. The lowest BCUT2D eigenvalue weighted by atomic mass is 10.1. The van der Waals surface area contributed by atoms with Crippen LogP contribution in [0.4, 0.5) is 0 Å². The van der Waals surface area contributed by atoms with E-state index in [0.29, 0.717) is 25.0 Å². The molecule has 0 atom stereocenters. The zero-order valence-corrected chi connectivity index (χ0v) is 12.2. The highest BCUT2D eigenvalue weighted by Crippen LogP contribution is 2.13. The highest BCUT2D eigenvalue weighted by molar-refractivity contribution is 7.09. The van der Waals surface area contributed by atoms with E-state index in [1.165, 1.54) is 4.88 Å². The molecular formula is C14H19N3O2S. The third kappa shape index (κ3) is 3.88. The number of ether oxygens (including phenoxy) is 1. The predicted molar refractivity (Wildman–Crippen MR) is 77.0 cm³/mol. The van der Waals surface area contributed by atoms with E-state index in [9.17, 15) is 0 Å². The van der Waals surface area contributed by atoms with Crippen LogP contribution in [0.3, 0.4) is 0 Å². The molecule has 1 fully saturated rings. The number of rotatable bonds is 6. The first kappa shape index (κ1) is 13.7. The lowest BCUT2D eigenvalue weighted by Crippen LogP contribution is -2.32. The highest BCUT2D eigenvalue weighted by Gasteiger charge is 2.14. The molecule has 0 amide bonds. The molecule has 1 aliphatic heterocycles. The highest BCUT2D eigenvalue weighted by atomic mass is 32.1. The van der Waals surface area contributed by atoms with Gasteiger partial charge in [-0.15, -0.1) is 11.3 Å². The van der Waals surface area contributed by atoms with E-state index in [1.807, 2.05) is 6.07 Å². The fourth-order valence-electron chi connectivity index (χ4n) is 2.31. The summed E-state index contributed by atoms with van der Waals surface area (Å²) in [6.45, 7) is 2.76. The second-order valence-electron chi connectivity index (χ2n) is 4.93. The molecular weight excluding hydrogens is 274 g/mol. The summed E-state index contributed by atoms with van der Waals surface area (Å²) in [5.41, 5.74) is 0. The van der Waals surface area contributed by atoms with Gasteiger partial charge in [0.2, 0.25) is 5.89 Å². The third-order valence-electron chi connectivity index (χ3n) is 3.38. The summed E-state index contributed by atoms with van der Waals surface area (Å²) in [5, 5.41) is 9.40. The number of hydrogen-bond acceptors (Lipinski definition) is 6. The van der Waals surface area contributed by atoms with E-state index >= 15 is 0 Å². The first-order valence-electron chi connectivity index (χ1n) is 7.06. The molecule has 0 radical (unpaired) electrons. The smallest absolute Gasteiger partial charge is 0.228 e. The van der Waals surface area contributed by atoms with Gasteiger partial charge >= 0.3 is 0 Å². The van der Waals surface area contributed by atoms with Crippen LogP contribution in [0.2, 0.25) is 0 Å². The molecule has 0 bridgehead atoms. The Bertz CT molecular complexity index is 506. The molecule has 1 saturated heterocycles. The lowest BCUT2D eigenvalue weighted by Gasteiger charge is -2.22. The molecule has 2 aromatic rings. The molecule has 20 heavy (non-hydrogen) atoms. The summed E-state index contributed by atoms with van der Waals surface area (Å²) >= 11 is 1.71. The van der Waals surface area contributed by atoms with Gasteiger partial charge in [-0.05, 0) is 37.4 Å². The van der Waals surface area contributed by atoms with Crippen LogP contribution in [-0.4, -0.2) is 35.9 Å². The van der Waals surface area contributed by atoms with Crippen LogP contribution in [0.1, 0.15) is 29.4 Å². The van der Waals surface area contributed by atoms with Crippen LogP contribution in [0.25, 0.3) is 0 Å². The van der Waals surface area contributed by atoms with Crippen molar-refractivity contribution < 1.29 is 9.26 Å². The van der Waals surface area contributed by atoms with Gasteiger partial charge in [0.05, 0.1) is 19.1 Å². The van der Waals surface area contributed by atoms with Crippen molar-refractivity contribution >= 4 is 11.3 Å². The van der Waals surface area contributed by atoms with E-state index in [-0.39, 0.29) is 0 Å². The molecule has 2 aromatic heterocycles. The molecule has 1 aliphatic rings. The lowest BCUT2D eigenvalue weighted by molar-refractivity contribution is 0.0322. The molecule has 5 nitrogen and oxygen atoms in total. The van der Waals surface area contributed by atoms with E-state index in [4.69, 9.17) is 9.26 Å². The zero-order chi connectivity index (χ0) is 13.6. The van der Waals surface area contributed by atoms with Crippen molar-refractivity contribution in [3.05, 3.63) is 34.1 Å². The number of piperidine rings is 1. The van der Waals surface area contributed by atoms with Crippen LogP contribution in [0, 0.1) is 0 Å². The minimum Gasteiger partial charge on any atom is -0.378 e. The van der Waals surface area contributed by atoms with Crippen molar-refractivity contribution in [2.24, 2.45) is 0 Å². The van der Waals surface area contributed by atoms with Gasteiger partial charge in [-0.25, -0.2) is 0 Å². The SMILES string of the molecule is c1csc(Cc2noc(CCOC3CCNCC3)n2)c1. The molecule has 0 spiro atoms. The fourth-order valence-corrected chi connectivity index (χ4v) is 3.01. The van der Waals surface area contributed by atoms with Crippen LogP contribution < -0.4 is 5.32 Å². The Labute approximate surface area is 122 Å². The van der Waals surface area contributed by atoms with Crippen LogP contribution in [0.15, 0.2) is 22.0 Å². The predicted octanol–water partition coefficient (Wildman–Crippen LogP) is 2.03. The average molecular weight is 293 g/mol. The zero-order valence-electron chi connectivity index (χ0n) is 11.4. The van der Waals surface area contributed by atoms with Gasteiger partial charge < -0.3 is 14.6 Å². The minimum absolute atomic E-state index is 0.379. The van der Waals surface area contributed by atoms with Gasteiger partial charge in [-0.3, -0.25) is 0 Å². The maximum atomic E-state index is 5.84. The van der Waals surface area contributed by atoms with Gasteiger partial charge in [-0.1, -0.05) is 11.2 Å². The summed E-state index contributed by atoms with van der Waals surface area (Å²) in [5.74, 6) is 1.43. The number of hydrogen-bond donors (Lipinski definition) is 1. The average Bonchev–Trinajstić information content (AvgIpc) is 3.13. The van der Waals surface area contributed by atoms with Crippen LogP contribution in [0.5, 0.6) is 0 Å². The summed E-state index contributed by atoms with van der Waals surface area (Å²) < 4.78 is 11.1. The number of thiophene rings is 1. The normalized spacial score (nSPS) is 16.6. The molecule has 1 N–H and O–H groups in total. The van der Waals surface area contributed by atoms with Gasteiger partial charge in [0, 0.05) is 11.3 Å². The fraction of sp³-hybridized carbons (Fsp3) is 0.571. The van der Waals surface area contributed by atoms with Crippen molar-refractivity contribution in [2.45, 2.75) is 31.8 Å². The van der Waals surface area contributed by atoms with E-state index in [1.54, 1.807) is 11.3 Å². The number of nitrogens with one attached hydrogen (secondary N) is 1. The molecule has 3 rings (SSSR count). The Kier molecular flexibility index (Phi) is 4.78. The number of aromatic nitrogens is 2. The van der Waals surface area contributed by atoms with Gasteiger partial charge in [0.1, 0.15) is 0 Å². The molecule has 6 heteroatoms. The first-order valence-corrected chi connectivity index (χ1v) is 7.94. The summed E-state index contributed by atoms with van der Waals surface area (Å²) in [6, 6.07) is 4.12. The Morgan fingerprint density at radius 3 is 3.10 bits per heavy atom. The topological polar surface area (TPSA) is 60.2 Å². The van der Waals surface area contributed by atoms with Crippen LogP contribution in [-0.2, 0) is 17.6 Å². The molecule has 3 heterocycles. The standard InChI is InChI=1S/C14H19N3O2S/c1-2-12(20-9-1)10-13-16-14(19-17-13)5-8-18-11-3-6-15-7-4-11/h1-2,9,11,15H,3-8,10H2. The summed E-state index contributed by atoms with van der Waals surface area (Å²) in [6.07, 6.45) is 4.00. The Balaban J connectivity index is 1.42. The maximum absolute atomic E-state index is 5.84. The second-order valence-corrected chi connectivity index (χ2v) is 5.96. The quantitative estimate of drug-likeness (QED) is 0.883. The maximum Gasteiger partial charge on any atom is 0.228 e. The largest absolute Gasteiger partial charge is 0.378 e. The van der Waals surface area contributed by atoms with Crippen molar-refractivity contribution in [3.8, 4) is 0 Å². The monoisotopic (exact) mass is 293 g/mol. The Hall–Kier alpha value is -1.24.